The first-order valence-corrected chi connectivity index (χ1v) is 7.79. The van der Waals surface area contributed by atoms with Gasteiger partial charge in [0.25, 0.3) is 0 Å². The number of benzene rings is 1. The van der Waals surface area contributed by atoms with Gasteiger partial charge in [0.15, 0.2) is 0 Å². The van der Waals surface area contributed by atoms with Gasteiger partial charge in [-0.15, -0.1) is 0 Å². The number of rotatable bonds is 5. The summed E-state index contributed by atoms with van der Waals surface area (Å²) in [5.74, 6) is 1.49. The third kappa shape index (κ3) is 4.48. The largest absolute Gasteiger partial charge is 0.487 e. The van der Waals surface area contributed by atoms with Crippen molar-refractivity contribution in [1.82, 2.24) is 0 Å². The number of quaternary nitrogens is 1. The second-order valence-corrected chi connectivity index (χ2v) is 6.21. The summed E-state index contributed by atoms with van der Waals surface area (Å²) in [6, 6.07) is 6.26. The molecular weight excluding hydrogens is 306 g/mol. The predicted octanol–water partition coefficient (Wildman–Crippen LogP) is 1.87. The van der Waals surface area contributed by atoms with Gasteiger partial charge >= 0.3 is 0 Å². The highest BCUT2D eigenvalue weighted by atomic mass is 79.9. The highest BCUT2D eigenvalue weighted by Gasteiger charge is 2.14. The molecule has 0 bridgehead atoms. The molecule has 0 spiro atoms. The van der Waals surface area contributed by atoms with Gasteiger partial charge in [0.05, 0.1) is 13.2 Å². The number of hydrogen-bond acceptors (Lipinski definition) is 2. The number of nitrogens with one attached hydrogen (secondary N) is 1. The lowest BCUT2D eigenvalue weighted by Crippen LogP contribution is -3.14. The molecule has 2 rings (SSSR count). The Morgan fingerprint density at radius 3 is 2.74 bits per heavy atom. The van der Waals surface area contributed by atoms with E-state index < -0.39 is 0 Å². The summed E-state index contributed by atoms with van der Waals surface area (Å²) in [6.07, 6.45) is 0. The van der Waals surface area contributed by atoms with Gasteiger partial charge in [0.1, 0.15) is 32.0 Å². The first-order valence-electron chi connectivity index (χ1n) is 7.00. The minimum absolute atomic E-state index is 0.475. The normalized spacial score (nSPS) is 16.8. The molecule has 1 aliphatic heterocycles. The molecular formula is C15H23BrNO2+. The zero-order valence-electron chi connectivity index (χ0n) is 11.7. The SMILES string of the molecule is CC(C)c1cc(Br)ccc1OCC[NH+]1CCOCC1. The zero-order valence-corrected chi connectivity index (χ0v) is 13.3. The van der Waals surface area contributed by atoms with E-state index in [2.05, 4.69) is 41.9 Å². The molecule has 0 aromatic heterocycles. The molecule has 0 amide bonds. The molecule has 1 fully saturated rings. The zero-order chi connectivity index (χ0) is 13.7. The maximum atomic E-state index is 5.97. The van der Waals surface area contributed by atoms with E-state index in [4.69, 9.17) is 9.47 Å². The van der Waals surface area contributed by atoms with Crippen LogP contribution in [0.1, 0.15) is 25.3 Å². The molecule has 0 atom stereocenters. The van der Waals surface area contributed by atoms with Crippen LogP contribution in [0.3, 0.4) is 0 Å². The molecule has 1 aromatic rings. The molecule has 0 aliphatic carbocycles. The minimum Gasteiger partial charge on any atom is -0.487 e. The summed E-state index contributed by atoms with van der Waals surface area (Å²) in [5.41, 5.74) is 1.27. The Morgan fingerprint density at radius 2 is 2.05 bits per heavy atom. The van der Waals surface area contributed by atoms with Gasteiger partial charge in [-0.25, -0.2) is 0 Å². The lowest BCUT2D eigenvalue weighted by atomic mass is 10.0. The highest BCUT2D eigenvalue weighted by molar-refractivity contribution is 9.10. The van der Waals surface area contributed by atoms with E-state index in [1.54, 1.807) is 4.90 Å². The van der Waals surface area contributed by atoms with E-state index in [0.717, 1.165) is 49.7 Å². The predicted molar refractivity (Wildman–Crippen MR) is 80.1 cm³/mol. The molecule has 1 N–H and O–H groups in total. The van der Waals surface area contributed by atoms with Crippen LogP contribution in [0.2, 0.25) is 0 Å². The average molecular weight is 329 g/mol. The van der Waals surface area contributed by atoms with E-state index >= 15 is 0 Å². The van der Waals surface area contributed by atoms with E-state index in [1.807, 2.05) is 6.07 Å². The Morgan fingerprint density at radius 1 is 1.32 bits per heavy atom. The Kier molecular flexibility index (Phi) is 5.67. The molecule has 19 heavy (non-hydrogen) atoms. The summed E-state index contributed by atoms with van der Waals surface area (Å²) in [6.45, 7) is 10.2. The van der Waals surface area contributed by atoms with Gasteiger partial charge in [0.2, 0.25) is 0 Å². The molecule has 4 heteroatoms. The van der Waals surface area contributed by atoms with Crippen LogP contribution < -0.4 is 9.64 Å². The molecule has 106 valence electrons. The monoisotopic (exact) mass is 328 g/mol. The van der Waals surface area contributed by atoms with Crippen LogP contribution in [0.5, 0.6) is 5.75 Å². The van der Waals surface area contributed by atoms with Gasteiger partial charge in [-0.2, -0.15) is 0 Å². The summed E-state index contributed by atoms with van der Waals surface area (Å²) in [7, 11) is 0. The van der Waals surface area contributed by atoms with Crippen molar-refractivity contribution < 1.29 is 14.4 Å². The number of ether oxygens (including phenoxy) is 2. The van der Waals surface area contributed by atoms with Crippen LogP contribution >= 0.6 is 15.9 Å². The Balaban J connectivity index is 1.88. The van der Waals surface area contributed by atoms with Crippen molar-refractivity contribution in [3.05, 3.63) is 28.2 Å². The first kappa shape index (κ1) is 14.8. The van der Waals surface area contributed by atoms with Gasteiger partial charge < -0.3 is 14.4 Å². The second kappa shape index (κ2) is 7.27. The van der Waals surface area contributed by atoms with Gasteiger partial charge in [-0.3, -0.25) is 0 Å². The Labute approximate surface area is 124 Å². The molecule has 0 radical (unpaired) electrons. The van der Waals surface area contributed by atoms with Crippen molar-refractivity contribution in [2.24, 2.45) is 0 Å². The molecule has 1 saturated heterocycles. The summed E-state index contributed by atoms with van der Waals surface area (Å²) in [4.78, 5) is 1.58. The third-order valence-electron chi connectivity index (χ3n) is 3.51. The highest BCUT2D eigenvalue weighted by Crippen LogP contribution is 2.29. The van der Waals surface area contributed by atoms with Crippen molar-refractivity contribution >= 4 is 15.9 Å². The fourth-order valence-corrected chi connectivity index (χ4v) is 2.70. The van der Waals surface area contributed by atoms with Crippen molar-refractivity contribution in [2.45, 2.75) is 19.8 Å². The van der Waals surface area contributed by atoms with Crippen molar-refractivity contribution in [3.8, 4) is 5.75 Å². The van der Waals surface area contributed by atoms with E-state index in [1.165, 1.54) is 5.56 Å². The smallest absolute Gasteiger partial charge is 0.137 e. The first-order chi connectivity index (χ1) is 9.16. The maximum Gasteiger partial charge on any atom is 0.137 e. The molecule has 3 nitrogen and oxygen atoms in total. The van der Waals surface area contributed by atoms with Crippen LogP contribution in [-0.4, -0.2) is 39.5 Å². The second-order valence-electron chi connectivity index (χ2n) is 5.30. The number of morpholine rings is 1. The van der Waals surface area contributed by atoms with Crippen molar-refractivity contribution in [3.63, 3.8) is 0 Å². The molecule has 1 aromatic carbocycles. The number of hydrogen-bond donors (Lipinski definition) is 1. The number of halogens is 1. The third-order valence-corrected chi connectivity index (χ3v) is 4.00. The van der Waals surface area contributed by atoms with Crippen molar-refractivity contribution in [1.29, 1.82) is 0 Å². The molecule has 0 unspecified atom stereocenters. The van der Waals surface area contributed by atoms with Crippen LogP contribution in [0.4, 0.5) is 0 Å². The van der Waals surface area contributed by atoms with E-state index in [-0.39, 0.29) is 0 Å². The summed E-state index contributed by atoms with van der Waals surface area (Å²) in [5, 5.41) is 0. The molecule has 0 saturated carbocycles. The van der Waals surface area contributed by atoms with Crippen LogP contribution in [-0.2, 0) is 4.74 Å². The molecule has 1 heterocycles. The van der Waals surface area contributed by atoms with Crippen molar-refractivity contribution in [2.75, 3.05) is 39.5 Å². The lowest BCUT2D eigenvalue weighted by Gasteiger charge is -2.24. The topological polar surface area (TPSA) is 22.9 Å². The van der Waals surface area contributed by atoms with Gasteiger partial charge in [-0.05, 0) is 29.7 Å². The van der Waals surface area contributed by atoms with Crippen LogP contribution in [0.15, 0.2) is 22.7 Å². The molecule has 1 aliphatic rings. The fraction of sp³-hybridized carbons (Fsp3) is 0.600. The Bertz CT molecular complexity index is 403. The maximum absolute atomic E-state index is 5.97. The Hall–Kier alpha value is -0.580. The standard InChI is InChI=1S/C15H22BrNO2/c1-12(2)14-11-13(16)3-4-15(14)19-10-7-17-5-8-18-9-6-17/h3-4,11-12H,5-10H2,1-2H3/p+1. The van der Waals surface area contributed by atoms with E-state index in [0.29, 0.717) is 5.92 Å². The van der Waals surface area contributed by atoms with Gasteiger partial charge in [-0.1, -0.05) is 29.8 Å². The van der Waals surface area contributed by atoms with Gasteiger partial charge in [0, 0.05) is 4.47 Å². The summed E-state index contributed by atoms with van der Waals surface area (Å²) >= 11 is 3.52. The summed E-state index contributed by atoms with van der Waals surface area (Å²) < 4.78 is 12.4. The quantitative estimate of drug-likeness (QED) is 0.891. The fourth-order valence-electron chi connectivity index (χ4n) is 2.32. The van der Waals surface area contributed by atoms with Crippen LogP contribution in [0, 0.1) is 0 Å². The van der Waals surface area contributed by atoms with E-state index in [9.17, 15) is 0 Å². The van der Waals surface area contributed by atoms with Crippen LogP contribution in [0.25, 0.3) is 0 Å². The minimum atomic E-state index is 0.475. The average Bonchev–Trinajstić information content (AvgIpc) is 2.41. The lowest BCUT2D eigenvalue weighted by molar-refractivity contribution is -0.908.